The highest BCUT2D eigenvalue weighted by atomic mass is 127. The number of benzene rings is 1. The number of thiazole rings is 1. The smallest absolute Gasteiger partial charge is 0.191 e. The van der Waals surface area contributed by atoms with E-state index in [9.17, 15) is 4.39 Å². The number of aryl methyl sites for hydroxylation is 1. The number of aliphatic imine (C=N–C) groups is 1. The molecule has 1 heterocycles. The first-order chi connectivity index (χ1) is 12.1. The first-order valence-electron chi connectivity index (χ1n) is 8.49. The summed E-state index contributed by atoms with van der Waals surface area (Å²) in [5, 5.41) is 7.40. The van der Waals surface area contributed by atoms with Crippen LogP contribution in [0.1, 0.15) is 30.7 Å². The molecule has 2 N–H and O–H groups in total. The number of ether oxygens (including phenoxy) is 1. The number of nitrogens with one attached hydrogen (secondary N) is 2. The highest BCUT2D eigenvalue weighted by Crippen LogP contribution is 2.17. The third kappa shape index (κ3) is 7.45. The molecule has 8 heteroatoms. The summed E-state index contributed by atoms with van der Waals surface area (Å²) in [5.74, 6) is 0.596. The number of rotatable bonds is 8. The summed E-state index contributed by atoms with van der Waals surface area (Å²) in [7, 11) is 0. The molecule has 0 bridgehead atoms. The predicted molar refractivity (Wildman–Crippen MR) is 116 cm³/mol. The first-order valence-corrected chi connectivity index (χ1v) is 9.31. The second-order valence-corrected chi connectivity index (χ2v) is 6.71. The molecular weight excluding hydrogens is 466 g/mol. The van der Waals surface area contributed by atoms with Gasteiger partial charge in [0.1, 0.15) is 11.1 Å². The average molecular weight is 492 g/mol. The van der Waals surface area contributed by atoms with E-state index >= 15 is 0 Å². The van der Waals surface area contributed by atoms with E-state index in [0.717, 1.165) is 18.0 Å². The normalized spacial score (nSPS) is 12.2. The summed E-state index contributed by atoms with van der Waals surface area (Å²) >= 11 is 1.68. The Labute approximate surface area is 175 Å². The number of guanidine groups is 1. The molecule has 0 fully saturated rings. The Hall–Kier alpha value is -1.42. The second-order valence-electron chi connectivity index (χ2n) is 5.51. The molecule has 2 rings (SSSR count). The minimum absolute atomic E-state index is 0. The molecule has 0 aliphatic rings. The van der Waals surface area contributed by atoms with Crippen LogP contribution in [0.3, 0.4) is 0 Å². The van der Waals surface area contributed by atoms with Crippen LogP contribution >= 0.6 is 35.3 Å². The molecule has 1 unspecified atom stereocenters. The van der Waals surface area contributed by atoms with Crippen molar-refractivity contribution < 1.29 is 9.13 Å². The fourth-order valence-corrected chi connectivity index (χ4v) is 2.90. The van der Waals surface area contributed by atoms with E-state index in [4.69, 9.17) is 4.74 Å². The van der Waals surface area contributed by atoms with Crippen molar-refractivity contribution >= 4 is 41.3 Å². The van der Waals surface area contributed by atoms with Gasteiger partial charge in [0.2, 0.25) is 0 Å². The van der Waals surface area contributed by atoms with Gasteiger partial charge in [-0.2, -0.15) is 0 Å². The fourth-order valence-electron chi connectivity index (χ4n) is 2.11. The fraction of sp³-hybridized carbons (Fsp3) is 0.444. The van der Waals surface area contributed by atoms with Crippen molar-refractivity contribution in [2.75, 3.05) is 13.1 Å². The van der Waals surface area contributed by atoms with Gasteiger partial charge in [-0.15, -0.1) is 35.3 Å². The molecule has 1 aromatic heterocycles. The minimum Gasteiger partial charge on any atom is -0.486 e. The van der Waals surface area contributed by atoms with Crippen LogP contribution in [0, 0.1) is 5.82 Å². The molecule has 0 aliphatic carbocycles. The highest BCUT2D eigenvalue weighted by molar-refractivity contribution is 14.0. The van der Waals surface area contributed by atoms with Crippen LogP contribution in [0.4, 0.5) is 4.39 Å². The summed E-state index contributed by atoms with van der Waals surface area (Å²) in [4.78, 5) is 10.2. The molecule has 5 nitrogen and oxygen atoms in total. The van der Waals surface area contributed by atoms with E-state index in [1.54, 1.807) is 29.5 Å². The number of aromatic nitrogens is 1. The van der Waals surface area contributed by atoms with Crippen LogP contribution in [0.2, 0.25) is 0 Å². The molecule has 1 atom stereocenters. The molecule has 26 heavy (non-hydrogen) atoms. The summed E-state index contributed by atoms with van der Waals surface area (Å²) in [6, 6.07) is 6.41. The molecule has 0 spiro atoms. The number of halogens is 2. The van der Waals surface area contributed by atoms with Crippen LogP contribution in [0.25, 0.3) is 0 Å². The lowest BCUT2D eigenvalue weighted by Gasteiger charge is -2.17. The third-order valence-corrected chi connectivity index (χ3v) is 4.51. The van der Waals surface area contributed by atoms with E-state index < -0.39 is 0 Å². The average Bonchev–Trinajstić information content (AvgIpc) is 3.07. The first kappa shape index (κ1) is 22.6. The molecule has 0 aliphatic heterocycles. The van der Waals surface area contributed by atoms with Crippen LogP contribution in [0.5, 0.6) is 5.75 Å². The number of para-hydroxylation sites is 1. The van der Waals surface area contributed by atoms with Crippen LogP contribution in [0.15, 0.2) is 35.5 Å². The van der Waals surface area contributed by atoms with Gasteiger partial charge in [0.25, 0.3) is 0 Å². The second kappa shape index (κ2) is 12.1. The van der Waals surface area contributed by atoms with Crippen LogP contribution < -0.4 is 15.4 Å². The molecule has 2 aromatic rings. The van der Waals surface area contributed by atoms with E-state index in [2.05, 4.69) is 27.5 Å². The van der Waals surface area contributed by atoms with Gasteiger partial charge in [-0.3, -0.25) is 0 Å². The van der Waals surface area contributed by atoms with Crippen molar-refractivity contribution in [2.24, 2.45) is 4.99 Å². The number of nitrogens with zero attached hydrogens (tertiary/aromatic N) is 2. The van der Waals surface area contributed by atoms with Gasteiger partial charge in [-0.25, -0.2) is 14.4 Å². The maximum atomic E-state index is 13.6. The van der Waals surface area contributed by atoms with Gasteiger partial charge in [0, 0.05) is 17.6 Å². The zero-order valence-corrected chi connectivity index (χ0v) is 18.4. The van der Waals surface area contributed by atoms with Crippen molar-refractivity contribution in [3.8, 4) is 5.75 Å². The van der Waals surface area contributed by atoms with E-state index in [0.29, 0.717) is 19.0 Å². The van der Waals surface area contributed by atoms with Crippen molar-refractivity contribution in [3.63, 3.8) is 0 Å². The number of hydrogen-bond acceptors (Lipinski definition) is 4. The monoisotopic (exact) mass is 492 g/mol. The van der Waals surface area contributed by atoms with E-state index in [1.165, 1.54) is 10.9 Å². The lowest BCUT2D eigenvalue weighted by Crippen LogP contribution is -2.41. The molecule has 0 saturated heterocycles. The van der Waals surface area contributed by atoms with Gasteiger partial charge in [0.05, 0.1) is 13.1 Å². The Kier molecular flexibility index (Phi) is 10.5. The molecule has 0 saturated carbocycles. The summed E-state index contributed by atoms with van der Waals surface area (Å²) < 4.78 is 19.2. The topological polar surface area (TPSA) is 58.5 Å². The Morgan fingerprint density at radius 1 is 1.31 bits per heavy atom. The van der Waals surface area contributed by atoms with E-state index in [-0.39, 0.29) is 41.6 Å². The molecule has 0 amide bonds. The molecular formula is C18H26FIN4OS. The summed E-state index contributed by atoms with van der Waals surface area (Å²) in [6.07, 6.45) is 2.69. The summed E-state index contributed by atoms with van der Waals surface area (Å²) in [5.41, 5.74) is 0. The quantitative estimate of drug-likeness (QED) is 0.333. The van der Waals surface area contributed by atoms with Crippen LogP contribution in [-0.4, -0.2) is 30.1 Å². The SMILES string of the molecule is CCNC(=NCc1ncc(CC)s1)NCC(C)Oc1ccccc1F.I. The lowest BCUT2D eigenvalue weighted by molar-refractivity contribution is 0.214. The maximum Gasteiger partial charge on any atom is 0.191 e. The lowest BCUT2D eigenvalue weighted by atomic mass is 10.3. The molecule has 144 valence electrons. The van der Waals surface area contributed by atoms with Gasteiger partial charge < -0.3 is 15.4 Å². The minimum atomic E-state index is -0.356. The largest absolute Gasteiger partial charge is 0.486 e. The van der Waals surface area contributed by atoms with Gasteiger partial charge in [-0.05, 0) is 32.4 Å². The van der Waals surface area contributed by atoms with Crippen LogP contribution in [-0.2, 0) is 13.0 Å². The Bertz CT molecular complexity index is 695. The van der Waals surface area contributed by atoms with Crippen molar-refractivity contribution in [3.05, 3.63) is 46.2 Å². The predicted octanol–water partition coefficient (Wildman–Crippen LogP) is 3.99. The van der Waals surface area contributed by atoms with Crippen molar-refractivity contribution in [1.29, 1.82) is 0 Å². The van der Waals surface area contributed by atoms with E-state index in [1.807, 2.05) is 20.0 Å². The Balaban J connectivity index is 0.00000338. The van der Waals surface area contributed by atoms with Gasteiger partial charge in [-0.1, -0.05) is 19.1 Å². The van der Waals surface area contributed by atoms with Gasteiger partial charge in [0.15, 0.2) is 17.5 Å². The standard InChI is InChI=1S/C18H25FN4OS.HI/c1-4-14-11-21-17(25-14)12-23-18(20-5-2)22-10-13(3)24-16-9-7-6-8-15(16)19;/h6-9,11,13H,4-5,10,12H2,1-3H3,(H2,20,22,23);1H. The number of hydrogen-bond donors (Lipinski definition) is 2. The zero-order chi connectivity index (χ0) is 18.1. The maximum absolute atomic E-state index is 13.6. The summed E-state index contributed by atoms with van der Waals surface area (Å²) in [6.45, 7) is 7.81. The van der Waals surface area contributed by atoms with Crippen molar-refractivity contribution in [1.82, 2.24) is 15.6 Å². The molecule has 1 aromatic carbocycles. The highest BCUT2D eigenvalue weighted by Gasteiger charge is 2.09. The van der Waals surface area contributed by atoms with Gasteiger partial charge >= 0.3 is 0 Å². The third-order valence-electron chi connectivity index (χ3n) is 3.39. The Morgan fingerprint density at radius 2 is 2.08 bits per heavy atom. The van der Waals surface area contributed by atoms with Crippen molar-refractivity contribution in [2.45, 2.75) is 39.8 Å². The molecule has 0 radical (unpaired) electrons. The Morgan fingerprint density at radius 3 is 2.73 bits per heavy atom. The zero-order valence-electron chi connectivity index (χ0n) is 15.3.